The molecule has 3 heterocycles. The van der Waals surface area contributed by atoms with Crippen LogP contribution in [0.15, 0.2) is 29.1 Å². The topological polar surface area (TPSA) is 90.2 Å². The van der Waals surface area contributed by atoms with E-state index in [4.69, 9.17) is 9.47 Å². The minimum Gasteiger partial charge on any atom is -0.459 e. The van der Waals surface area contributed by atoms with E-state index in [1.54, 1.807) is 11.0 Å². The van der Waals surface area contributed by atoms with Crippen LogP contribution in [0.1, 0.15) is 45.0 Å². The Bertz CT molecular complexity index is 968. The number of esters is 1. The van der Waals surface area contributed by atoms with Crippen molar-refractivity contribution in [3.8, 4) is 0 Å². The molecule has 0 aromatic carbocycles. The van der Waals surface area contributed by atoms with Crippen molar-refractivity contribution in [2.75, 3.05) is 13.1 Å². The van der Waals surface area contributed by atoms with E-state index in [9.17, 15) is 14.4 Å². The molecule has 29 heavy (non-hydrogen) atoms. The van der Waals surface area contributed by atoms with Crippen LogP contribution in [-0.2, 0) is 20.9 Å². The molecule has 1 amide bonds. The van der Waals surface area contributed by atoms with Crippen LogP contribution in [0.3, 0.4) is 0 Å². The van der Waals surface area contributed by atoms with Gasteiger partial charge in [0.25, 0.3) is 5.56 Å². The fraction of sp³-hybridized carbons (Fsp3) is 0.524. The van der Waals surface area contributed by atoms with E-state index in [0.717, 1.165) is 5.69 Å². The quantitative estimate of drug-likeness (QED) is 0.735. The van der Waals surface area contributed by atoms with Crippen LogP contribution in [0.4, 0.5) is 4.79 Å². The Morgan fingerprint density at radius 2 is 1.90 bits per heavy atom. The largest absolute Gasteiger partial charge is 0.459 e. The zero-order chi connectivity index (χ0) is 21.2. The summed E-state index contributed by atoms with van der Waals surface area (Å²) in [6, 6.07) is 6.79. The molecule has 0 aliphatic carbocycles. The van der Waals surface area contributed by atoms with Gasteiger partial charge in [-0.05, 0) is 52.7 Å². The van der Waals surface area contributed by atoms with Gasteiger partial charge in [0, 0.05) is 24.8 Å². The number of carbonyl (C=O) groups is 2. The number of aromatic nitrogens is 2. The normalized spacial score (nSPS) is 15.4. The summed E-state index contributed by atoms with van der Waals surface area (Å²) < 4.78 is 12.3. The molecule has 2 aromatic rings. The lowest BCUT2D eigenvalue weighted by atomic mass is 9.97. The molecular weight excluding hydrogens is 374 g/mol. The highest BCUT2D eigenvalue weighted by molar-refractivity contribution is 5.73. The molecule has 1 fully saturated rings. The standard InChI is InChI=1S/C21H27N3O5/c1-14-6-5-7-17-22-16(12-18(25)24(14)17)13-28-19(26)15-8-10-23(11-9-15)20(27)29-21(2,3)4/h5-7,12,15H,8-11,13H2,1-4H3. The molecule has 0 spiro atoms. The van der Waals surface area contributed by atoms with Gasteiger partial charge in [-0.15, -0.1) is 0 Å². The van der Waals surface area contributed by atoms with Gasteiger partial charge in [0.15, 0.2) is 0 Å². The number of fused-ring (bicyclic) bond motifs is 1. The molecule has 1 aliphatic rings. The van der Waals surface area contributed by atoms with Gasteiger partial charge in [-0.1, -0.05) is 6.07 Å². The maximum absolute atomic E-state index is 12.4. The van der Waals surface area contributed by atoms with Crippen LogP contribution in [0.25, 0.3) is 5.65 Å². The van der Waals surface area contributed by atoms with E-state index < -0.39 is 5.60 Å². The van der Waals surface area contributed by atoms with E-state index in [1.807, 2.05) is 39.8 Å². The highest BCUT2D eigenvalue weighted by atomic mass is 16.6. The number of pyridine rings is 1. The maximum Gasteiger partial charge on any atom is 0.410 e. The predicted molar refractivity (Wildman–Crippen MR) is 107 cm³/mol. The molecule has 1 aliphatic heterocycles. The number of hydrogen-bond donors (Lipinski definition) is 0. The Labute approximate surface area is 169 Å². The number of piperidine rings is 1. The van der Waals surface area contributed by atoms with Crippen molar-refractivity contribution in [3.05, 3.63) is 46.0 Å². The number of amides is 1. The minimum atomic E-state index is -0.545. The van der Waals surface area contributed by atoms with Gasteiger partial charge < -0.3 is 14.4 Å². The summed E-state index contributed by atoms with van der Waals surface area (Å²) >= 11 is 0. The number of ether oxygens (including phenoxy) is 2. The number of aryl methyl sites for hydroxylation is 1. The first kappa shape index (κ1) is 20.8. The molecule has 1 saturated heterocycles. The summed E-state index contributed by atoms with van der Waals surface area (Å²) in [5.74, 6) is -0.613. The minimum absolute atomic E-state index is 0.0508. The molecule has 0 bridgehead atoms. The van der Waals surface area contributed by atoms with E-state index >= 15 is 0 Å². The average Bonchev–Trinajstić information content (AvgIpc) is 2.64. The Morgan fingerprint density at radius 1 is 1.21 bits per heavy atom. The molecule has 8 nitrogen and oxygen atoms in total. The Balaban J connectivity index is 1.55. The lowest BCUT2D eigenvalue weighted by molar-refractivity contribution is -0.151. The molecule has 3 rings (SSSR count). The molecule has 156 valence electrons. The van der Waals surface area contributed by atoms with Crippen molar-refractivity contribution in [1.29, 1.82) is 0 Å². The van der Waals surface area contributed by atoms with E-state index in [2.05, 4.69) is 4.98 Å². The second kappa shape index (κ2) is 8.23. The molecule has 0 unspecified atom stereocenters. The van der Waals surface area contributed by atoms with Crippen LogP contribution >= 0.6 is 0 Å². The second-order valence-electron chi connectivity index (χ2n) is 8.30. The van der Waals surface area contributed by atoms with Crippen molar-refractivity contribution in [3.63, 3.8) is 0 Å². The summed E-state index contributed by atoms with van der Waals surface area (Å²) in [5, 5.41) is 0. The Kier molecular flexibility index (Phi) is 5.91. The lowest BCUT2D eigenvalue weighted by Gasteiger charge is -2.32. The van der Waals surface area contributed by atoms with Crippen molar-refractivity contribution < 1.29 is 19.1 Å². The number of hydrogen-bond acceptors (Lipinski definition) is 6. The van der Waals surface area contributed by atoms with Crippen molar-refractivity contribution in [2.24, 2.45) is 5.92 Å². The van der Waals surface area contributed by atoms with Crippen LogP contribution in [0.2, 0.25) is 0 Å². The fourth-order valence-electron chi connectivity index (χ4n) is 3.32. The number of likely N-dealkylation sites (tertiary alicyclic amines) is 1. The monoisotopic (exact) mass is 401 g/mol. The third-order valence-corrected chi connectivity index (χ3v) is 4.78. The second-order valence-corrected chi connectivity index (χ2v) is 8.30. The summed E-state index contributed by atoms with van der Waals surface area (Å²) in [5.41, 5.74) is 0.983. The number of rotatable bonds is 3. The smallest absolute Gasteiger partial charge is 0.410 e. The third kappa shape index (κ3) is 5.13. The predicted octanol–water partition coefficient (Wildman–Crippen LogP) is 2.69. The van der Waals surface area contributed by atoms with Crippen molar-refractivity contribution >= 4 is 17.7 Å². The van der Waals surface area contributed by atoms with Gasteiger partial charge in [-0.2, -0.15) is 0 Å². The van der Waals surface area contributed by atoms with Crippen LogP contribution in [0, 0.1) is 12.8 Å². The van der Waals surface area contributed by atoms with E-state index in [0.29, 0.717) is 37.3 Å². The van der Waals surface area contributed by atoms with Gasteiger partial charge in [-0.3, -0.25) is 14.0 Å². The molecule has 0 N–H and O–H groups in total. The highest BCUT2D eigenvalue weighted by Crippen LogP contribution is 2.21. The van der Waals surface area contributed by atoms with Crippen LogP contribution in [-0.4, -0.2) is 45.0 Å². The maximum atomic E-state index is 12.4. The van der Waals surface area contributed by atoms with Gasteiger partial charge in [-0.25, -0.2) is 9.78 Å². The number of carbonyl (C=O) groups excluding carboxylic acids is 2. The summed E-state index contributed by atoms with van der Waals surface area (Å²) in [4.78, 5) is 42.8. The van der Waals surface area contributed by atoms with E-state index in [1.165, 1.54) is 10.5 Å². The molecule has 8 heteroatoms. The zero-order valence-electron chi connectivity index (χ0n) is 17.3. The van der Waals surface area contributed by atoms with Crippen molar-refractivity contribution in [2.45, 2.75) is 52.7 Å². The molecular formula is C21H27N3O5. The Morgan fingerprint density at radius 3 is 2.55 bits per heavy atom. The summed E-state index contributed by atoms with van der Waals surface area (Å²) in [7, 11) is 0. The van der Waals surface area contributed by atoms with Crippen molar-refractivity contribution in [1.82, 2.24) is 14.3 Å². The highest BCUT2D eigenvalue weighted by Gasteiger charge is 2.30. The first-order chi connectivity index (χ1) is 13.6. The van der Waals surface area contributed by atoms with Gasteiger partial charge in [0.05, 0.1) is 11.6 Å². The fourth-order valence-corrected chi connectivity index (χ4v) is 3.32. The average molecular weight is 401 g/mol. The summed E-state index contributed by atoms with van der Waals surface area (Å²) in [6.07, 6.45) is 0.677. The molecule has 2 aromatic heterocycles. The lowest BCUT2D eigenvalue weighted by Crippen LogP contribution is -2.43. The zero-order valence-corrected chi connectivity index (χ0v) is 17.3. The summed E-state index contributed by atoms with van der Waals surface area (Å²) in [6.45, 7) is 8.15. The molecule has 0 radical (unpaired) electrons. The van der Waals surface area contributed by atoms with Crippen LogP contribution < -0.4 is 5.56 Å². The van der Waals surface area contributed by atoms with E-state index in [-0.39, 0.29) is 30.1 Å². The SMILES string of the molecule is Cc1cccc2nc(COC(=O)C3CCN(C(=O)OC(C)(C)C)CC3)cc(=O)n12. The first-order valence-corrected chi connectivity index (χ1v) is 9.77. The molecule has 0 saturated carbocycles. The third-order valence-electron chi connectivity index (χ3n) is 4.78. The van der Waals surface area contributed by atoms with Gasteiger partial charge in [0.2, 0.25) is 0 Å². The van der Waals surface area contributed by atoms with Gasteiger partial charge in [0.1, 0.15) is 17.9 Å². The van der Waals surface area contributed by atoms with Crippen LogP contribution in [0.5, 0.6) is 0 Å². The Hall–Kier alpha value is -2.90. The first-order valence-electron chi connectivity index (χ1n) is 9.77. The van der Waals surface area contributed by atoms with Gasteiger partial charge >= 0.3 is 12.1 Å². The molecule has 0 atom stereocenters. The number of nitrogens with zero attached hydrogens (tertiary/aromatic N) is 3.